The van der Waals surface area contributed by atoms with Crippen LogP contribution >= 0.6 is 0 Å². The number of nitrogens with zero attached hydrogens (tertiary/aromatic N) is 1. The normalized spacial score (nSPS) is 21.4. The van der Waals surface area contributed by atoms with E-state index in [9.17, 15) is 14.4 Å². The van der Waals surface area contributed by atoms with Crippen LogP contribution in [0.1, 0.15) is 55.6 Å². The maximum atomic E-state index is 12.7. The van der Waals surface area contributed by atoms with Crippen LogP contribution in [0.4, 0.5) is 9.59 Å². The van der Waals surface area contributed by atoms with Crippen molar-refractivity contribution in [3.8, 4) is 0 Å². The number of carbonyl (C=O) groups is 3. The summed E-state index contributed by atoms with van der Waals surface area (Å²) in [5.74, 6) is 0.151. The molecule has 1 aliphatic heterocycles. The van der Waals surface area contributed by atoms with Crippen LogP contribution in [0, 0.1) is 11.3 Å². The Morgan fingerprint density at radius 1 is 0.938 bits per heavy atom. The van der Waals surface area contributed by atoms with Gasteiger partial charge in [0, 0.05) is 24.7 Å². The van der Waals surface area contributed by atoms with Gasteiger partial charge in [-0.15, -0.1) is 0 Å². The fourth-order valence-electron chi connectivity index (χ4n) is 4.47. The summed E-state index contributed by atoms with van der Waals surface area (Å²) in [5, 5.41) is 13.4. The molecule has 9 heteroatoms. The summed E-state index contributed by atoms with van der Waals surface area (Å²) in [7, 11) is 2.68. The summed E-state index contributed by atoms with van der Waals surface area (Å²) in [5.41, 5.74) is 1.78. The van der Waals surface area contributed by atoms with Gasteiger partial charge in [0.2, 0.25) is 0 Å². The molecule has 3 N–H and O–H groups in total. The molecule has 2 aliphatic rings. The molecule has 1 aromatic rings. The van der Waals surface area contributed by atoms with E-state index in [-0.39, 0.29) is 29.8 Å². The number of urea groups is 1. The smallest absolute Gasteiger partial charge is 0.412 e. The number of hydrogen-bond donors (Lipinski definition) is 3. The molecule has 0 unspecified atom stereocenters. The summed E-state index contributed by atoms with van der Waals surface area (Å²) in [4.78, 5) is 37.4. The summed E-state index contributed by atoms with van der Waals surface area (Å²) in [6.45, 7) is 1.38. The van der Waals surface area contributed by atoms with Crippen molar-refractivity contribution in [3.63, 3.8) is 0 Å². The van der Waals surface area contributed by atoms with Crippen LogP contribution < -0.4 is 10.6 Å². The molecule has 0 aromatic heterocycles. The Kier molecular flexibility index (Phi) is 8.08. The quantitative estimate of drug-likeness (QED) is 0.375. The lowest BCUT2D eigenvalue weighted by Crippen LogP contribution is -2.48. The monoisotopic (exact) mass is 444 g/mol. The second-order valence-corrected chi connectivity index (χ2v) is 8.40. The van der Waals surface area contributed by atoms with Crippen LogP contribution in [0.2, 0.25) is 0 Å². The van der Waals surface area contributed by atoms with Gasteiger partial charge in [-0.2, -0.15) is 0 Å². The van der Waals surface area contributed by atoms with Gasteiger partial charge in [0.05, 0.1) is 20.1 Å². The predicted octanol–water partition coefficient (Wildman–Crippen LogP) is 2.99. The average molecular weight is 445 g/mol. The van der Waals surface area contributed by atoms with Crippen molar-refractivity contribution in [1.82, 2.24) is 15.5 Å². The highest BCUT2D eigenvalue weighted by Gasteiger charge is 2.30. The lowest BCUT2D eigenvalue weighted by molar-refractivity contribution is -0.146. The van der Waals surface area contributed by atoms with E-state index in [2.05, 4.69) is 15.4 Å². The summed E-state index contributed by atoms with van der Waals surface area (Å²) >= 11 is 0. The van der Waals surface area contributed by atoms with Gasteiger partial charge in [0.15, 0.2) is 0 Å². The fraction of sp³-hybridized carbons (Fsp3) is 0.565. The number of esters is 1. The standard InChI is InChI=1S/C23H32N4O5/c1-31-21(28)18-7-9-19(10-8-18)25-22(29)27-13-11-16(12-14-27)15-3-5-17(6-4-15)20(24)26-23(30)32-2/h3-6,16,18-19H,7-14H2,1-2H3,(H,25,29)(H2,24,26,30)/t18-,19-. The highest BCUT2D eigenvalue weighted by atomic mass is 16.5. The van der Waals surface area contributed by atoms with E-state index in [1.807, 2.05) is 29.2 Å². The zero-order valence-electron chi connectivity index (χ0n) is 18.7. The Labute approximate surface area is 188 Å². The Bertz CT molecular complexity index is 825. The topological polar surface area (TPSA) is 121 Å². The van der Waals surface area contributed by atoms with Crippen LogP contribution in [-0.2, 0) is 14.3 Å². The zero-order valence-corrected chi connectivity index (χ0v) is 18.7. The predicted molar refractivity (Wildman–Crippen MR) is 119 cm³/mol. The average Bonchev–Trinajstić information content (AvgIpc) is 2.84. The van der Waals surface area contributed by atoms with Gasteiger partial charge in [0.25, 0.3) is 0 Å². The molecule has 9 nitrogen and oxygen atoms in total. The first-order valence-electron chi connectivity index (χ1n) is 11.1. The minimum Gasteiger partial charge on any atom is -0.469 e. The Morgan fingerprint density at radius 3 is 2.12 bits per heavy atom. The van der Waals surface area contributed by atoms with Crippen molar-refractivity contribution in [2.24, 2.45) is 5.92 Å². The van der Waals surface area contributed by atoms with Crippen molar-refractivity contribution >= 4 is 23.9 Å². The third kappa shape index (κ3) is 5.99. The van der Waals surface area contributed by atoms with Crippen LogP contribution in [0.3, 0.4) is 0 Å². The van der Waals surface area contributed by atoms with E-state index >= 15 is 0 Å². The van der Waals surface area contributed by atoms with E-state index < -0.39 is 6.09 Å². The number of amidine groups is 1. The molecule has 0 radical (unpaired) electrons. The van der Waals surface area contributed by atoms with E-state index in [0.717, 1.165) is 38.5 Å². The first kappa shape index (κ1) is 23.6. The number of carbonyl (C=O) groups excluding carboxylic acids is 3. The molecule has 0 atom stereocenters. The van der Waals surface area contributed by atoms with Crippen LogP contribution in [0.25, 0.3) is 0 Å². The number of likely N-dealkylation sites (tertiary alicyclic amines) is 1. The summed E-state index contributed by atoms with van der Waals surface area (Å²) in [6, 6.07) is 7.67. The van der Waals surface area contributed by atoms with E-state index in [1.165, 1.54) is 19.8 Å². The van der Waals surface area contributed by atoms with Crippen molar-refractivity contribution in [2.75, 3.05) is 27.3 Å². The molecular weight excluding hydrogens is 412 g/mol. The zero-order chi connectivity index (χ0) is 23.1. The van der Waals surface area contributed by atoms with Crippen LogP contribution in [0.15, 0.2) is 24.3 Å². The molecule has 1 aliphatic carbocycles. The molecule has 3 amide bonds. The molecule has 1 saturated carbocycles. The molecule has 0 spiro atoms. The largest absolute Gasteiger partial charge is 0.469 e. The number of ether oxygens (including phenoxy) is 2. The molecule has 0 bridgehead atoms. The number of nitrogens with one attached hydrogen (secondary N) is 3. The molecular formula is C23H32N4O5. The maximum absolute atomic E-state index is 12.7. The fourth-order valence-corrected chi connectivity index (χ4v) is 4.47. The molecule has 32 heavy (non-hydrogen) atoms. The molecule has 1 heterocycles. The second kappa shape index (κ2) is 11.0. The number of piperidine rings is 1. The number of alkyl carbamates (subject to hydrolysis) is 1. The Hall–Kier alpha value is -3.10. The molecule has 174 valence electrons. The number of amides is 3. The van der Waals surface area contributed by atoms with E-state index in [0.29, 0.717) is 24.6 Å². The third-order valence-corrected chi connectivity index (χ3v) is 6.45. The van der Waals surface area contributed by atoms with Gasteiger partial charge in [-0.05, 0) is 50.0 Å². The lowest BCUT2D eigenvalue weighted by Gasteiger charge is -2.34. The van der Waals surface area contributed by atoms with Gasteiger partial charge in [-0.1, -0.05) is 24.3 Å². The number of hydrogen-bond acceptors (Lipinski definition) is 6. The van der Waals surface area contributed by atoms with E-state index in [1.54, 1.807) is 0 Å². The SMILES string of the molecule is COC(=O)NC(=N)c1ccc(C2CCN(C(=O)N[C@H]3CC[C@H](C(=O)OC)CC3)CC2)cc1. The van der Waals surface area contributed by atoms with Gasteiger partial charge < -0.3 is 19.7 Å². The number of rotatable bonds is 4. The Morgan fingerprint density at radius 2 is 1.56 bits per heavy atom. The Balaban J connectivity index is 1.44. The molecule has 1 aromatic carbocycles. The first-order chi connectivity index (χ1) is 15.4. The third-order valence-electron chi connectivity index (χ3n) is 6.45. The van der Waals surface area contributed by atoms with Crippen LogP contribution in [-0.4, -0.2) is 62.2 Å². The van der Waals surface area contributed by atoms with E-state index in [4.69, 9.17) is 10.1 Å². The van der Waals surface area contributed by atoms with Crippen molar-refractivity contribution in [1.29, 1.82) is 5.41 Å². The van der Waals surface area contributed by atoms with Crippen molar-refractivity contribution in [3.05, 3.63) is 35.4 Å². The van der Waals surface area contributed by atoms with Gasteiger partial charge in [0.1, 0.15) is 5.84 Å². The van der Waals surface area contributed by atoms with Gasteiger partial charge in [-0.25, -0.2) is 9.59 Å². The molecule has 1 saturated heterocycles. The lowest BCUT2D eigenvalue weighted by atomic mass is 9.86. The highest BCUT2D eigenvalue weighted by molar-refractivity contribution is 6.04. The van der Waals surface area contributed by atoms with Gasteiger partial charge >= 0.3 is 18.1 Å². The number of methoxy groups -OCH3 is 2. The van der Waals surface area contributed by atoms with Crippen molar-refractivity contribution < 1.29 is 23.9 Å². The molecule has 3 rings (SSSR count). The minimum atomic E-state index is -0.666. The molecule has 2 fully saturated rings. The maximum Gasteiger partial charge on any atom is 0.412 e. The minimum absolute atomic E-state index is 0.00416. The van der Waals surface area contributed by atoms with Crippen LogP contribution in [0.5, 0.6) is 0 Å². The summed E-state index contributed by atoms with van der Waals surface area (Å²) < 4.78 is 9.33. The number of benzene rings is 1. The van der Waals surface area contributed by atoms with Gasteiger partial charge in [-0.3, -0.25) is 15.5 Å². The first-order valence-corrected chi connectivity index (χ1v) is 11.1. The highest BCUT2D eigenvalue weighted by Crippen LogP contribution is 2.29. The second-order valence-electron chi connectivity index (χ2n) is 8.40. The summed E-state index contributed by atoms with van der Waals surface area (Å²) in [6.07, 6.45) is 4.19. The van der Waals surface area contributed by atoms with Crippen molar-refractivity contribution in [2.45, 2.75) is 50.5 Å².